The molecular formula is C12H17FN2. The number of nitrogens with zero attached hydrogens (tertiary/aromatic N) is 1. The molecule has 1 N–H and O–H groups in total. The zero-order chi connectivity index (χ0) is 10.5. The number of hydrogen-bond donors (Lipinski definition) is 1. The Morgan fingerprint density at radius 1 is 1.33 bits per heavy atom. The summed E-state index contributed by atoms with van der Waals surface area (Å²) in [5.74, 6) is 0.830. The maximum Gasteiger partial charge on any atom is 0.165 e. The SMILES string of the molecule is Fc1cccnc1NCC1CCCCC1. The van der Waals surface area contributed by atoms with Gasteiger partial charge in [0.25, 0.3) is 0 Å². The van der Waals surface area contributed by atoms with Crippen LogP contribution in [0.1, 0.15) is 32.1 Å². The zero-order valence-corrected chi connectivity index (χ0v) is 8.88. The van der Waals surface area contributed by atoms with Gasteiger partial charge in [0.05, 0.1) is 0 Å². The molecule has 0 atom stereocenters. The van der Waals surface area contributed by atoms with Crippen molar-refractivity contribution in [2.75, 3.05) is 11.9 Å². The summed E-state index contributed by atoms with van der Waals surface area (Å²) in [5.41, 5.74) is 0. The molecular weight excluding hydrogens is 191 g/mol. The van der Waals surface area contributed by atoms with Gasteiger partial charge in [-0.2, -0.15) is 0 Å². The van der Waals surface area contributed by atoms with Gasteiger partial charge in [-0.3, -0.25) is 0 Å². The summed E-state index contributed by atoms with van der Waals surface area (Å²) in [5, 5.41) is 3.10. The summed E-state index contributed by atoms with van der Waals surface area (Å²) >= 11 is 0. The summed E-state index contributed by atoms with van der Waals surface area (Å²) < 4.78 is 13.2. The van der Waals surface area contributed by atoms with Crippen molar-refractivity contribution in [2.45, 2.75) is 32.1 Å². The largest absolute Gasteiger partial charge is 0.367 e. The monoisotopic (exact) mass is 208 g/mol. The van der Waals surface area contributed by atoms with Crippen molar-refractivity contribution >= 4 is 5.82 Å². The molecule has 2 nitrogen and oxygen atoms in total. The van der Waals surface area contributed by atoms with Gasteiger partial charge in [-0.05, 0) is 30.9 Å². The van der Waals surface area contributed by atoms with Crippen LogP contribution >= 0.6 is 0 Å². The average Bonchev–Trinajstić information content (AvgIpc) is 2.29. The van der Waals surface area contributed by atoms with Crippen LogP contribution in [-0.2, 0) is 0 Å². The van der Waals surface area contributed by atoms with Crippen molar-refractivity contribution in [1.29, 1.82) is 0 Å². The molecule has 0 spiro atoms. The minimum absolute atomic E-state index is 0.256. The maximum absolute atomic E-state index is 13.2. The molecule has 15 heavy (non-hydrogen) atoms. The van der Waals surface area contributed by atoms with Crippen molar-refractivity contribution in [2.24, 2.45) is 5.92 Å². The van der Waals surface area contributed by atoms with Gasteiger partial charge in [0, 0.05) is 12.7 Å². The van der Waals surface area contributed by atoms with Crippen molar-refractivity contribution < 1.29 is 4.39 Å². The highest BCUT2D eigenvalue weighted by Crippen LogP contribution is 2.23. The van der Waals surface area contributed by atoms with Gasteiger partial charge in [-0.15, -0.1) is 0 Å². The molecule has 0 bridgehead atoms. The highest BCUT2D eigenvalue weighted by Gasteiger charge is 2.13. The lowest BCUT2D eigenvalue weighted by Crippen LogP contribution is -2.18. The third-order valence-corrected chi connectivity index (χ3v) is 3.04. The Morgan fingerprint density at radius 3 is 2.87 bits per heavy atom. The average molecular weight is 208 g/mol. The Labute approximate surface area is 89.9 Å². The van der Waals surface area contributed by atoms with E-state index in [0.717, 1.165) is 6.54 Å². The second-order valence-corrected chi connectivity index (χ2v) is 4.22. The molecule has 2 rings (SSSR count). The second kappa shape index (κ2) is 5.10. The van der Waals surface area contributed by atoms with Gasteiger partial charge in [-0.1, -0.05) is 19.3 Å². The molecule has 1 aromatic rings. The maximum atomic E-state index is 13.2. The number of rotatable bonds is 3. The molecule has 1 fully saturated rings. The Morgan fingerprint density at radius 2 is 2.13 bits per heavy atom. The molecule has 1 aromatic heterocycles. The molecule has 3 heteroatoms. The van der Waals surface area contributed by atoms with E-state index in [1.54, 1.807) is 12.3 Å². The molecule has 0 amide bonds. The van der Waals surface area contributed by atoms with Crippen LogP contribution in [0.5, 0.6) is 0 Å². The first-order valence-electron chi connectivity index (χ1n) is 5.70. The van der Waals surface area contributed by atoms with Crippen molar-refractivity contribution in [3.63, 3.8) is 0 Å². The van der Waals surface area contributed by atoms with E-state index in [0.29, 0.717) is 11.7 Å². The lowest BCUT2D eigenvalue weighted by atomic mass is 9.89. The smallest absolute Gasteiger partial charge is 0.165 e. The van der Waals surface area contributed by atoms with Crippen LogP contribution in [0.15, 0.2) is 18.3 Å². The van der Waals surface area contributed by atoms with Crippen LogP contribution in [-0.4, -0.2) is 11.5 Å². The first-order chi connectivity index (χ1) is 7.36. The van der Waals surface area contributed by atoms with Crippen molar-refractivity contribution in [3.8, 4) is 0 Å². The Balaban J connectivity index is 1.84. The number of anilines is 1. The Kier molecular flexibility index (Phi) is 3.54. The predicted molar refractivity (Wildman–Crippen MR) is 59.3 cm³/mol. The summed E-state index contributed by atoms with van der Waals surface area (Å²) in [4.78, 5) is 3.98. The Bertz CT molecular complexity index is 308. The third-order valence-electron chi connectivity index (χ3n) is 3.04. The molecule has 1 saturated carbocycles. The third kappa shape index (κ3) is 2.91. The molecule has 82 valence electrons. The summed E-state index contributed by atoms with van der Waals surface area (Å²) in [7, 11) is 0. The first-order valence-corrected chi connectivity index (χ1v) is 5.70. The number of hydrogen-bond acceptors (Lipinski definition) is 2. The van der Waals surface area contributed by atoms with E-state index in [1.165, 1.54) is 38.2 Å². The summed E-state index contributed by atoms with van der Waals surface area (Å²) in [6.45, 7) is 0.855. The van der Waals surface area contributed by atoms with E-state index in [2.05, 4.69) is 10.3 Å². The number of nitrogens with one attached hydrogen (secondary N) is 1. The number of pyridine rings is 1. The molecule has 1 aliphatic rings. The van der Waals surface area contributed by atoms with Gasteiger partial charge >= 0.3 is 0 Å². The quantitative estimate of drug-likeness (QED) is 0.825. The highest BCUT2D eigenvalue weighted by molar-refractivity contribution is 5.35. The van der Waals surface area contributed by atoms with Crippen LogP contribution < -0.4 is 5.32 Å². The standard InChI is InChI=1S/C12H17FN2/c13-11-7-4-8-14-12(11)15-9-10-5-2-1-3-6-10/h4,7-8,10H,1-3,5-6,9H2,(H,14,15). The van der Waals surface area contributed by atoms with Gasteiger partial charge < -0.3 is 5.32 Å². The minimum Gasteiger partial charge on any atom is -0.367 e. The number of aromatic nitrogens is 1. The van der Waals surface area contributed by atoms with Crippen molar-refractivity contribution in [1.82, 2.24) is 4.98 Å². The first kappa shape index (κ1) is 10.4. The lowest BCUT2D eigenvalue weighted by Gasteiger charge is -2.21. The summed E-state index contributed by atoms with van der Waals surface area (Å²) in [6, 6.07) is 3.05. The fourth-order valence-corrected chi connectivity index (χ4v) is 2.15. The fraction of sp³-hybridized carbons (Fsp3) is 0.583. The zero-order valence-electron chi connectivity index (χ0n) is 8.88. The van der Waals surface area contributed by atoms with E-state index >= 15 is 0 Å². The molecule has 0 saturated heterocycles. The molecule has 1 heterocycles. The van der Waals surface area contributed by atoms with Crippen LogP contribution in [0.4, 0.5) is 10.2 Å². The Hall–Kier alpha value is -1.12. The van der Waals surface area contributed by atoms with Gasteiger partial charge in [0.2, 0.25) is 0 Å². The van der Waals surface area contributed by atoms with E-state index in [9.17, 15) is 4.39 Å². The normalized spacial score (nSPS) is 17.7. The van der Waals surface area contributed by atoms with E-state index in [4.69, 9.17) is 0 Å². The summed E-state index contributed by atoms with van der Waals surface area (Å²) in [6.07, 6.45) is 8.14. The molecule has 0 aromatic carbocycles. The van der Waals surface area contributed by atoms with Crippen molar-refractivity contribution in [3.05, 3.63) is 24.1 Å². The molecule has 0 aliphatic heterocycles. The predicted octanol–water partition coefficient (Wildman–Crippen LogP) is 3.21. The van der Waals surface area contributed by atoms with Gasteiger partial charge in [0.1, 0.15) is 0 Å². The van der Waals surface area contributed by atoms with E-state index in [-0.39, 0.29) is 5.82 Å². The van der Waals surface area contributed by atoms with E-state index in [1.807, 2.05) is 0 Å². The fourth-order valence-electron chi connectivity index (χ4n) is 2.15. The molecule has 0 radical (unpaired) electrons. The van der Waals surface area contributed by atoms with Crippen LogP contribution in [0.3, 0.4) is 0 Å². The second-order valence-electron chi connectivity index (χ2n) is 4.22. The van der Waals surface area contributed by atoms with Crippen LogP contribution in [0, 0.1) is 11.7 Å². The topological polar surface area (TPSA) is 24.9 Å². The molecule has 0 unspecified atom stereocenters. The van der Waals surface area contributed by atoms with Crippen LogP contribution in [0.25, 0.3) is 0 Å². The molecule has 1 aliphatic carbocycles. The number of halogens is 1. The lowest BCUT2D eigenvalue weighted by molar-refractivity contribution is 0.373. The van der Waals surface area contributed by atoms with E-state index < -0.39 is 0 Å². The minimum atomic E-state index is -0.256. The van der Waals surface area contributed by atoms with Crippen LogP contribution in [0.2, 0.25) is 0 Å². The van der Waals surface area contributed by atoms with Gasteiger partial charge in [-0.25, -0.2) is 9.37 Å². The highest BCUT2D eigenvalue weighted by atomic mass is 19.1. The van der Waals surface area contributed by atoms with Gasteiger partial charge in [0.15, 0.2) is 11.6 Å².